The lowest BCUT2D eigenvalue weighted by Gasteiger charge is -2.34. The van der Waals surface area contributed by atoms with E-state index < -0.39 is 0 Å². The molecular weight excluding hydrogens is 286 g/mol. The summed E-state index contributed by atoms with van der Waals surface area (Å²) in [6.07, 6.45) is 0. The van der Waals surface area contributed by atoms with E-state index in [1.807, 2.05) is 54.3 Å². The Morgan fingerprint density at radius 2 is 1.74 bits per heavy atom. The van der Waals surface area contributed by atoms with Gasteiger partial charge in [0.25, 0.3) is 5.91 Å². The number of hydrogen-bond donors (Lipinski definition) is 1. The average molecular weight is 309 g/mol. The van der Waals surface area contributed by atoms with E-state index in [9.17, 15) is 4.79 Å². The van der Waals surface area contributed by atoms with Crippen molar-refractivity contribution in [2.75, 3.05) is 31.9 Å². The molecule has 23 heavy (non-hydrogen) atoms. The molecular formula is C19H23N3O. The molecule has 1 saturated heterocycles. The van der Waals surface area contributed by atoms with Crippen molar-refractivity contribution < 1.29 is 4.79 Å². The van der Waals surface area contributed by atoms with E-state index in [2.05, 4.69) is 11.0 Å². The molecule has 4 nitrogen and oxygen atoms in total. The second-order valence-corrected chi connectivity index (χ2v) is 6.18. The van der Waals surface area contributed by atoms with Crippen LogP contribution in [0.5, 0.6) is 0 Å². The van der Waals surface area contributed by atoms with Gasteiger partial charge in [-0.25, -0.2) is 0 Å². The van der Waals surface area contributed by atoms with Gasteiger partial charge in [-0.3, -0.25) is 9.69 Å². The minimum absolute atomic E-state index is 0.133. The fraction of sp³-hybridized carbons (Fsp3) is 0.316. The third kappa shape index (κ3) is 3.90. The first-order chi connectivity index (χ1) is 11.1. The van der Waals surface area contributed by atoms with Gasteiger partial charge >= 0.3 is 0 Å². The summed E-state index contributed by atoms with van der Waals surface area (Å²) >= 11 is 0. The molecule has 0 unspecified atom stereocenters. The highest BCUT2D eigenvalue weighted by atomic mass is 16.2. The molecule has 0 saturated carbocycles. The standard InChI is InChI=1S/C19H23N3O/c1-15-5-7-17(8-6-15)19(23)22-11-9-21(10-12-22)14-16-3-2-4-18(20)13-16/h2-8,13H,9-12,14,20H2,1H3. The molecule has 1 amide bonds. The molecule has 0 aromatic heterocycles. The molecule has 0 spiro atoms. The molecule has 2 aromatic carbocycles. The van der Waals surface area contributed by atoms with Crippen LogP contribution in [0.3, 0.4) is 0 Å². The van der Waals surface area contributed by atoms with Crippen LogP contribution < -0.4 is 5.73 Å². The molecule has 120 valence electrons. The zero-order chi connectivity index (χ0) is 16.2. The Kier molecular flexibility index (Phi) is 4.63. The van der Waals surface area contributed by atoms with Crippen molar-refractivity contribution in [3.63, 3.8) is 0 Å². The van der Waals surface area contributed by atoms with Crippen LogP contribution in [0.1, 0.15) is 21.5 Å². The number of nitrogen functional groups attached to an aromatic ring is 1. The van der Waals surface area contributed by atoms with Gasteiger partial charge in [0, 0.05) is 44.0 Å². The number of nitrogens with zero attached hydrogens (tertiary/aromatic N) is 2. The Hall–Kier alpha value is -2.33. The highest BCUT2D eigenvalue weighted by Crippen LogP contribution is 2.14. The lowest BCUT2D eigenvalue weighted by atomic mass is 10.1. The second-order valence-electron chi connectivity index (χ2n) is 6.18. The van der Waals surface area contributed by atoms with E-state index in [1.165, 1.54) is 11.1 Å². The second kappa shape index (κ2) is 6.84. The number of benzene rings is 2. The summed E-state index contributed by atoms with van der Waals surface area (Å²) in [5, 5.41) is 0. The number of aryl methyl sites for hydroxylation is 1. The lowest BCUT2D eigenvalue weighted by Crippen LogP contribution is -2.48. The van der Waals surface area contributed by atoms with Crippen molar-refractivity contribution in [2.45, 2.75) is 13.5 Å². The minimum Gasteiger partial charge on any atom is -0.399 e. The summed E-state index contributed by atoms with van der Waals surface area (Å²) in [5.74, 6) is 0.133. The largest absolute Gasteiger partial charge is 0.399 e. The fourth-order valence-electron chi connectivity index (χ4n) is 2.94. The van der Waals surface area contributed by atoms with E-state index in [-0.39, 0.29) is 5.91 Å². The van der Waals surface area contributed by atoms with Crippen LogP contribution in [0.25, 0.3) is 0 Å². The van der Waals surface area contributed by atoms with Crippen molar-refractivity contribution in [3.05, 3.63) is 65.2 Å². The third-order valence-corrected chi connectivity index (χ3v) is 4.32. The van der Waals surface area contributed by atoms with Gasteiger partial charge in [-0.05, 0) is 36.8 Å². The van der Waals surface area contributed by atoms with E-state index in [1.54, 1.807) is 0 Å². The van der Waals surface area contributed by atoms with Crippen molar-refractivity contribution in [2.24, 2.45) is 0 Å². The maximum absolute atomic E-state index is 12.5. The van der Waals surface area contributed by atoms with Crippen LogP contribution in [0.4, 0.5) is 5.69 Å². The fourth-order valence-corrected chi connectivity index (χ4v) is 2.94. The van der Waals surface area contributed by atoms with Gasteiger partial charge in [0.1, 0.15) is 0 Å². The Bertz CT molecular complexity index is 673. The number of carbonyl (C=O) groups is 1. The molecule has 1 aliphatic rings. The van der Waals surface area contributed by atoms with Gasteiger partial charge in [0.15, 0.2) is 0 Å². The molecule has 1 heterocycles. The molecule has 1 aliphatic heterocycles. The number of rotatable bonds is 3. The first kappa shape index (κ1) is 15.6. The number of carbonyl (C=O) groups excluding carboxylic acids is 1. The predicted molar refractivity (Wildman–Crippen MR) is 93.2 cm³/mol. The van der Waals surface area contributed by atoms with Crippen molar-refractivity contribution in [1.82, 2.24) is 9.80 Å². The maximum Gasteiger partial charge on any atom is 0.253 e. The van der Waals surface area contributed by atoms with Crippen LogP contribution in [0.2, 0.25) is 0 Å². The number of hydrogen-bond acceptors (Lipinski definition) is 3. The number of amides is 1. The van der Waals surface area contributed by atoms with Crippen molar-refractivity contribution in [3.8, 4) is 0 Å². The third-order valence-electron chi connectivity index (χ3n) is 4.32. The SMILES string of the molecule is Cc1ccc(C(=O)N2CCN(Cc3cccc(N)c3)CC2)cc1. The van der Waals surface area contributed by atoms with Crippen LogP contribution in [0.15, 0.2) is 48.5 Å². The molecule has 2 aromatic rings. The molecule has 4 heteroatoms. The van der Waals surface area contributed by atoms with Crippen molar-refractivity contribution in [1.29, 1.82) is 0 Å². The van der Waals surface area contributed by atoms with Crippen LogP contribution >= 0.6 is 0 Å². The average Bonchev–Trinajstić information content (AvgIpc) is 2.56. The maximum atomic E-state index is 12.5. The van der Waals surface area contributed by atoms with Gasteiger partial charge in [0.05, 0.1) is 0 Å². The first-order valence-corrected chi connectivity index (χ1v) is 8.04. The van der Waals surface area contributed by atoms with Gasteiger partial charge < -0.3 is 10.6 Å². The molecule has 0 atom stereocenters. The van der Waals surface area contributed by atoms with E-state index in [0.29, 0.717) is 0 Å². The van der Waals surface area contributed by atoms with E-state index >= 15 is 0 Å². The van der Waals surface area contributed by atoms with Gasteiger partial charge in [0.2, 0.25) is 0 Å². The smallest absolute Gasteiger partial charge is 0.253 e. The summed E-state index contributed by atoms with van der Waals surface area (Å²) in [5.41, 5.74) is 9.81. The highest BCUT2D eigenvalue weighted by Gasteiger charge is 2.22. The zero-order valence-corrected chi connectivity index (χ0v) is 13.5. The van der Waals surface area contributed by atoms with Gasteiger partial charge in [-0.2, -0.15) is 0 Å². The van der Waals surface area contributed by atoms with Crippen molar-refractivity contribution >= 4 is 11.6 Å². The highest BCUT2D eigenvalue weighted by molar-refractivity contribution is 5.94. The Balaban J connectivity index is 1.55. The Morgan fingerprint density at radius 3 is 2.39 bits per heavy atom. The topological polar surface area (TPSA) is 49.6 Å². The summed E-state index contributed by atoms with van der Waals surface area (Å²) in [6.45, 7) is 6.25. The minimum atomic E-state index is 0.133. The summed E-state index contributed by atoms with van der Waals surface area (Å²) in [6, 6.07) is 15.8. The molecule has 0 aliphatic carbocycles. The van der Waals surface area contributed by atoms with Crippen LogP contribution in [-0.2, 0) is 6.54 Å². The Morgan fingerprint density at radius 1 is 1.04 bits per heavy atom. The molecule has 2 N–H and O–H groups in total. The quantitative estimate of drug-likeness (QED) is 0.887. The monoisotopic (exact) mass is 309 g/mol. The predicted octanol–water partition coefficient (Wildman–Crippen LogP) is 2.54. The van der Waals surface area contributed by atoms with Gasteiger partial charge in [-0.1, -0.05) is 29.8 Å². The Labute approximate surface area is 137 Å². The molecule has 1 fully saturated rings. The number of anilines is 1. The first-order valence-electron chi connectivity index (χ1n) is 8.04. The summed E-state index contributed by atoms with van der Waals surface area (Å²) in [4.78, 5) is 16.8. The van der Waals surface area contributed by atoms with Gasteiger partial charge in [-0.15, -0.1) is 0 Å². The zero-order valence-electron chi connectivity index (χ0n) is 13.5. The summed E-state index contributed by atoms with van der Waals surface area (Å²) in [7, 11) is 0. The normalized spacial score (nSPS) is 15.6. The summed E-state index contributed by atoms with van der Waals surface area (Å²) < 4.78 is 0. The molecule has 0 radical (unpaired) electrons. The van der Waals surface area contributed by atoms with E-state index in [4.69, 9.17) is 5.73 Å². The number of nitrogens with two attached hydrogens (primary N) is 1. The van der Waals surface area contributed by atoms with Crippen LogP contribution in [0, 0.1) is 6.92 Å². The number of piperazine rings is 1. The molecule has 3 rings (SSSR count). The lowest BCUT2D eigenvalue weighted by molar-refractivity contribution is 0.0628. The molecule has 0 bridgehead atoms. The van der Waals surface area contributed by atoms with Crippen LogP contribution in [-0.4, -0.2) is 41.9 Å². The van der Waals surface area contributed by atoms with E-state index in [0.717, 1.165) is 44.0 Å².